The number of aryl methyl sites for hydroxylation is 3. The van der Waals surface area contributed by atoms with Gasteiger partial charge in [-0.1, -0.05) is 0 Å². The van der Waals surface area contributed by atoms with E-state index in [2.05, 4.69) is 15.4 Å². The molecule has 3 rings (SSSR count). The molecule has 98 valence electrons. The Hall–Kier alpha value is -1.73. The first-order valence-corrected chi connectivity index (χ1v) is 7.35. The molecule has 0 aliphatic rings. The van der Waals surface area contributed by atoms with E-state index in [9.17, 15) is 4.79 Å². The minimum atomic E-state index is -0.116. The molecule has 0 saturated carbocycles. The molecule has 0 aromatic carbocycles. The smallest absolute Gasteiger partial charge is 0.267 e. The number of thiazole rings is 1. The summed E-state index contributed by atoms with van der Waals surface area (Å²) in [5.41, 5.74) is 0.942. The van der Waals surface area contributed by atoms with Crippen LogP contribution in [0.2, 0.25) is 0 Å². The highest BCUT2D eigenvalue weighted by molar-refractivity contribution is 7.20. The largest absolute Gasteiger partial charge is 0.297 e. The number of fused-ring (bicyclic) bond motifs is 1. The number of amides is 1. The second-order valence-corrected chi connectivity index (χ2v) is 6.53. The molecule has 0 fully saturated rings. The second kappa shape index (κ2) is 4.43. The van der Waals surface area contributed by atoms with E-state index in [-0.39, 0.29) is 5.91 Å². The Kier molecular flexibility index (Phi) is 2.87. The monoisotopic (exact) mass is 292 g/mol. The lowest BCUT2D eigenvalue weighted by Gasteiger charge is -1.97. The summed E-state index contributed by atoms with van der Waals surface area (Å²) >= 11 is 2.91. The van der Waals surface area contributed by atoms with E-state index < -0.39 is 0 Å². The highest BCUT2D eigenvalue weighted by atomic mass is 32.1. The minimum absolute atomic E-state index is 0.116. The van der Waals surface area contributed by atoms with Crippen LogP contribution in [0.15, 0.2) is 12.3 Å². The molecule has 3 heterocycles. The van der Waals surface area contributed by atoms with Gasteiger partial charge in [-0.05, 0) is 19.9 Å². The van der Waals surface area contributed by atoms with Gasteiger partial charge in [-0.2, -0.15) is 5.10 Å². The topological polar surface area (TPSA) is 59.8 Å². The van der Waals surface area contributed by atoms with Crippen LogP contribution in [0.4, 0.5) is 5.13 Å². The molecule has 0 saturated heterocycles. The molecule has 0 bridgehead atoms. The Labute approximate surface area is 117 Å². The van der Waals surface area contributed by atoms with Crippen molar-refractivity contribution in [2.45, 2.75) is 13.8 Å². The first kappa shape index (κ1) is 12.3. The molecule has 0 aliphatic heterocycles. The van der Waals surface area contributed by atoms with Crippen LogP contribution in [0.5, 0.6) is 0 Å². The van der Waals surface area contributed by atoms with Gasteiger partial charge in [0.25, 0.3) is 5.91 Å². The Morgan fingerprint density at radius 3 is 2.79 bits per heavy atom. The van der Waals surface area contributed by atoms with Gasteiger partial charge in [0.2, 0.25) is 0 Å². The van der Waals surface area contributed by atoms with Crippen molar-refractivity contribution in [3.63, 3.8) is 0 Å². The fourth-order valence-electron chi connectivity index (χ4n) is 1.89. The van der Waals surface area contributed by atoms with E-state index in [0.717, 1.165) is 20.8 Å². The van der Waals surface area contributed by atoms with Crippen molar-refractivity contribution >= 4 is 43.9 Å². The van der Waals surface area contributed by atoms with Crippen molar-refractivity contribution in [1.29, 1.82) is 0 Å². The number of anilines is 1. The summed E-state index contributed by atoms with van der Waals surface area (Å²) in [7, 11) is 1.89. The number of nitrogens with one attached hydrogen (secondary N) is 1. The zero-order chi connectivity index (χ0) is 13.6. The summed E-state index contributed by atoms with van der Waals surface area (Å²) in [5, 5.41) is 8.81. The number of hydrogen-bond acceptors (Lipinski definition) is 5. The second-order valence-electron chi connectivity index (χ2n) is 4.27. The molecular formula is C12H12N4OS2. The van der Waals surface area contributed by atoms with Crippen molar-refractivity contribution in [3.05, 3.63) is 27.7 Å². The van der Waals surface area contributed by atoms with Crippen LogP contribution in [0.1, 0.15) is 20.2 Å². The van der Waals surface area contributed by atoms with Crippen molar-refractivity contribution in [2.75, 3.05) is 5.32 Å². The number of rotatable bonds is 2. The first-order chi connectivity index (χ1) is 9.04. The number of nitrogens with zero attached hydrogens (tertiary/aromatic N) is 3. The van der Waals surface area contributed by atoms with Gasteiger partial charge in [-0.25, -0.2) is 4.98 Å². The number of carbonyl (C=O) groups is 1. The van der Waals surface area contributed by atoms with Gasteiger partial charge >= 0.3 is 0 Å². The number of hydrogen-bond donors (Lipinski definition) is 1. The summed E-state index contributed by atoms with van der Waals surface area (Å²) in [6.07, 6.45) is 1.75. The molecule has 5 nitrogen and oxygen atoms in total. The van der Waals surface area contributed by atoms with Gasteiger partial charge in [0.15, 0.2) is 5.13 Å². The fourth-order valence-corrected chi connectivity index (χ4v) is 3.57. The first-order valence-electron chi connectivity index (χ1n) is 5.71. The third kappa shape index (κ3) is 2.15. The van der Waals surface area contributed by atoms with Crippen LogP contribution in [0.25, 0.3) is 10.2 Å². The average molecular weight is 292 g/mol. The molecule has 7 heteroatoms. The van der Waals surface area contributed by atoms with E-state index >= 15 is 0 Å². The Bertz CT molecular complexity index is 733. The normalized spacial score (nSPS) is 11.1. The van der Waals surface area contributed by atoms with Gasteiger partial charge in [-0.3, -0.25) is 14.8 Å². The maximum absolute atomic E-state index is 12.1. The summed E-state index contributed by atoms with van der Waals surface area (Å²) in [6, 6.07) is 1.89. The van der Waals surface area contributed by atoms with Crippen LogP contribution >= 0.6 is 22.7 Å². The standard InChI is InChI=1S/C12H12N4OS2/c1-6-5-13-12(18-6)14-10(17)9-4-8-7(2)15-16(3)11(8)19-9/h4-5H,1-3H3,(H,13,14,17). The van der Waals surface area contributed by atoms with Crippen molar-refractivity contribution in [1.82, 2.24) is 14.8 Å². The minimum Gasteiger partial charge on any atom is -0.297 e. The van der Waals surface area contributed by atoms with Gasteiger partial charge in [0.1, 0.15) is 4.83 Å². The molecule has 3 aromatic heterocycles. The van der Waals surface area contributed by atoms with Gasteiger partial charge in [0.05, 0.1) is 10.6 Å². The van der Waals surface area contributed by atoms with Crippen molar-refractivity contribution in [2.24, 2.45) is 7.05 Å². The molecule has 0 unspecified atom stereocenters. The lowest BCUT2D eigenvalue weighted by atomic mass is 10.3. The molecule has 19 heavy (non-hydrogen) atoms. The molecule has 0 atom stereocenters. The molecule has 0 aliphatic carbocycles. The lowest BCUT2D eigenvalue weighted by Crippen LogP contribution is -2.09. The Morgan fingerprint density at radius 1 is 1.37 bits per heavy atom. The van der Waals surface area contributed by atoms with Crippen LogP contribution in [-0.4, -0.2) is 20.7 Å². The number of thiophene rings is 1. The molecule has 3 aromatic rings. The Balaban J connectivity index is 1.91. The predicted octanol–water partition coefficient (Wildman–Crippen LogP) is 2.96. The fraction of sp³-hybridized carbons (Fsp3) is 0.250. The summed E-state index contributed by atoms with van der Waals surface area (Å²) in [4.78, 5) is 19.0. The van der Waals surface area contributed by atoms with Crippen LogP contribution < -0.4 is 5.32 Å². The molecule has 0 spiro atoms. The molecule has 1 amide bonds. The lowest BCUT2D eigenvalue weighted by molar-refractivity contribution is 0.103. The third-order valence-electron chi connectivity index (χ3n) is 2.76. The maximum atomic E-state index is 12.1. The predicted molar refractivity (Wildman–Crippen MR) is 78.1 cm³/mol. The zero-order valence-electron chi connectivity index (χ0n) is 10.7. The summed E-state index contributed by atoms with van der Waals surface area (Å²) < 4.78 is 1.81. The van der Waals surface area contributed by atoms with E-state index in [0.29, 0.717) is 10.0 Å². The van der Waals surface area contributed by atoms with Gasteiger partial charge in [0, 0.05) is 23.5 Å². The third-order valence-corrected chi connectivity index (χ3v) is 4.79. The summed E-state index contributed by atoms with van der Waals surface area (Å²) in [5.74, 6) is -0.116. The van der Waals surface area contributed by atoms with Gasteiger partial charge < -0.3 is 0 Å². The van der Waals surface area contributed by atoms with Gasteiger partial charge in [-0.15, -0.1) is 22.7 Å². The number of carbonyl (C=O) groups excluding carboxylic acids is 1. The maximum Gasteiger partial charge on any atom is 0.267 e. The van der Waals surface area contributed by atoms with E-state index in [1.54, 1.807) is 10.9 Å². The molecular weight excluding hydrogens is 280 g/mol. The highest BCUT2D eigenvalue weighted by Gasteiger charge is 2.15. The van der Waals surface area contributed by atoms with Crippen LogP contribution in [0, 0.1) is 13.8 Å². The summed E-state index contributed by atoms with van der Waals surface area (Å²) in [6.45, 7) is 3.91. The van der Waals surface area contributed by atoms with E-state index in [1.165, 1.54) is 22.7 Å². The molecule has 1 N–H and O–H groups in total. The number of aromatic nitrogens is 3. The van der Waals surface area contributed by atoms with Crippen molar-refractivity contribution in [3.8, 4) is 0 Å². The Morgan fingerprint density at radius 2 is 2.16 bits per heavy atom. The van der Waals surface area contributed by atoms with Crippen LogP contribution in [-0.2, 0) is 7.05 Å². The van der Waals surface area contributed by atoms with Crippen LogP contribution in [0.3, 0.4) is 0 Å². The quantitative estimate of drug-likeness (QED) is 0.790. The zero-order valence-corrected chi connectivity index (χ0v) is 12.4. The SMILES string of the molecule is Cc1cnc(NC(=O)c2cc3c(C)nn(C)c3s2)s1. The average Bonchev–Trinajstić information content (AvgIpc) is 3.00. The highest BCUT2D eigenvalue weighted by Crippen LogP contribution is 2.28. The molecule has 0 radical (unpaired) electrons. The van der Waals surface area contributed by atoms with Crippen molar-refractivity contribution < 1.29 is 4.79 Å². The van der Waals surface area contributed by atoms with E-state index in [4.69, 9.17) is 0 Å². The van der Waals surface area contributed by atoms with E-state index in [1.807, 2.05) is 27.0 Å².